The van der Waals surface area contributed by atoms with Crippen LogP contribution in [-0.4, -0.2) is 41.5 Å². The number of ether oxygens (including phenoxy) is 1. The number of carbonyl (C=O) groups is 1. The molecule has 2 aliphatic rings. The molecular weight excluding hydrogens is 398 g/mol. The summed E-state index contributed by atoms with van der Waals surface area (Å²) in [4.78, 5) is 19.2. The van der Waals surface area contributed by atoms with Crippen LogP contribution in [0.5, 0.6) is 5.75 Å². The number of amides is 1. The number of hydrogen-bond acceptors (Lipinski definition) is 4. The third-order valence-corrected chi connectivity index (χ3v) is 6.39. The van der Waals surface area contributed by atoms with Crippen LogP contribution in [0.25, 0.3) is 11.1 Å². The first-order chi connectivity index (χ1) is 15.6. The third-order valence-electron chi connectivity index (χ3n) is 6.39. The van der Waals surface area contributed by atoms with E-state index in [1.165, 1.54) is 16.7 Å². The van der Waals surface area contributed by atoms with Crippen molar-refractivity contribution in [2.24, 2.45) is 5.92 Å². The van der Waals surface area contributed by atoms with Gasteiger partial charge in [0.05, 0.1) is 5.92 Å². The first-order valence-electron chi connectivity index (χ1n) is 11.4. The molecule has 5 nitrogen and oxygen atoms in total. The number of hydrogen-bond donors (Lipinski definition) is 1. The van der Waals surface area contributed by atoms with E-state index >= 15 is 0 Å². The molecule has 1 amide bonds. The van der Waals surface area contributed by atoms with Crippen LogP contribution >= 0.6 is 0 Å². The van der Waals surface area contributed by atoms with Gasteiger partial charge in [-0.15, -0.1) is 0 Å². The number of benzene rings is 2. The van der Waals surface area contributed by atoms with Gasteiger partial charge in [-0.05, 0) is 59.4 Å². The molecule has 3 heterocycles. The molecule has 1 fully saturated rings. The van der Waals surface area contributed by atoms with Crippen LogP contribution in [0.15, 0.2) is 67.0 Å². The second-order valence-corrected chi connectivity index (χ2v) is 8.93. The van der Waals surface area contributed by atoms with Crippen LogP contribution in [0.2, 0.25) is 0 Å². The maximum Gasteiger partial charge on any atom is 0.224 e. The van der Waals surface area contributed by atoms with Gasteiger partial charge in [0.2, 0.25) is 5.91 Å². The standard InChI is InChI=1S/C27H29N3O2/c1-19-14-24-16-21(4-7-26(24)32-19)17-30-13-12-29-27(31)25(18-30)15-20-2-5-22(6-3-20)23-8-10-28-11-9-23/h2-11,16,19,25H,12-15,17-18H2,1H3,(H,29,31)/t19-,25-/m0/s1. The highest BCUT2D eigenvalue weighted by Gasteiger charge is 2.26. The number of nitrogens with one attached hydrogen (secondary N) is 1. The fraction of sp³-hybridized carbons (Fsp3) is 0.333. The molecule has 5 rings (SSSR count). The van der Waals surface area contributed by atoms with E-state index in [1.54, 1.807) is 0 Å². The van der Waals surface area contributed by atoms with Crippen molar-refractivity contribution in [3.63, 3.8) is 0 Å². The number of aromatic nitrogens is 1. The number of fused-ring (bicyclic) bond motifs is 1. The zero-order valence-electron chi connectivity index (χ0n) is 18.5. The normalized spacial score (nSPS) is 20.8. The van der Waals surface area contributed by atoms with E-state index in [2.05, 4.69) is 64.6 Å². The SMILES string of the molecule is C[C@H]1Cc2cc(CN3CCNC(=O)[C@@H](Cc4ccc(-c5ccncc5)cc4)C3)ccc2O1. The summed E-state index contributed by atoms with van der Waals surface area (Å²) < 4.78 is 5.83. The molecule has 1 saturated heterocycles. The van der Waals surface area contributed by atoms with Gasteiger partial charge in [0.15, 0.2) is 0 Å². The van der Waals surface area contributed by atoms with Gasteiger partial charge in [-0.25, -0.2) is 0 Å². The van der Waals surface area contributed by atoms with Gasteiger partial charge >= 0.3 is 0 Å². The molecule has 0 aliphatic carbocycles. The van der Waals surface area contributed by atoms with Crippen LogP contribution in [0.4, 0.5) is 0 Å². The van der Waals surface area contributed by atoms with E-state index < -0.39 is 0 Å². The quantitative estimate of drug-likeness (QED) is 0.672. The molecule has 0 saturated carbocycles. The lowest BCUT2D eigenvalue weighted by atomic mass is 9.96. The highest BCUT2D eigenvalue weighted by molar-refractivity contribution is 5.79. The van der Waals surface area contributed by atoms with E-state index in [1.807, 2.05) is 24.5 Å². The molecule has 2 aromatic carbocycles. The maximum atomic E-state index is 12.7. The van der Waals surface area contributed by atoms with E-state index in [0.29, 0.717) is 6.54 Å². The molecule has 0 bridgehead atoms. The Kier molecular flexibility index (Phi) is 5.91. The molecule has 3 aromatic rings. The van der Waals surface area contributed by atoms with Crippen LogP contribution in [0, 0.1) is 5.92 Å². The zero-order valence-corrected chi connectivity index (χ0v) is 18.5. The van der Waals surface area contributed by atoms with Crippen LogP contribution in [0.3, 0.4) is 0 Å². The summed E-state index contributed by atoms with van der Waals surface area (Å²) in [5.41, 5.74) is 6.09. The summed E-state index contributed by atoms with van der Waals surface area (Å²) in [6.45, 7) is 5.30. The Morgan fingerprint density at radius 2 is 1.78 bits per heavy atom. The lowest BCUT2D eigenvalue weighted by Crippen LogP contribution is -2.33. The Hall–Kier alpha value is -3.18. The molecule has 0 radical (unpaired) electrons. The van der Waals surface area contributed by atoms with Gasteiger partial charge in [-0.2, -0.15) is 0 Å². The molecule has 1 N–H and O–H groups in total. The summed E-state index contributed by atoms with van der Waals surface area (Å²) in [5.74, 6) is 1.12. The predicted molar refractivity (Wildman–Crippen MR) is 125 cm³/mol. The second-order valence-electron chi connectivity index (χ2n) is 8.93. The fourth-order valence-electron chi connectivity index (χ4n) is 4.76. The highest BCUT2D eigenvalue weighted by Crippen LogP contribution is 2.30. The zero-order chi connectivity index (χ0) is 21.9. The first-order valence-corrected chi connectivity index (χ1v) is 11.4. The Labute approximate surface area is 189 Å². The molecule has 2 atom stereocenters. The van der Waals surface area contributed by atoms with Crippen molar-refractivity contribution in [1.82, 2.24) is 15.2 Å². The lowest BCUT2D eigenvalue weighted by molar-refractivity contribution is -0.124. The van der Waals surface area contributed by atoms with Crippen molar-refractivity contribution in [1.29, 1.82) is 0 Å². The average Bonchev–Trinajstić information content (AvgIpc) is 3.09. The smallest absolute Gasteiger partial charge is 0.224 e. The molecule has 1 aromatic heterocycles. The summed E-state index contributed by atoms with van der Waals surface area (Å²) in [6, 6.07) is 19.1. The second kappa shape index (κ2) is 9.13. The Balaban J connectivity index is 1.26. The third kappa shape index (κ3) is 4.68. The monoisotopic (exact) mass is 427 g/mol. The minimum absolute atomic E-state index is 0.0536. The number of carbonyl (C=O) groups excluding carboxylic acids is 1. The molecule has 32 heavy (non-hydrogen) atoms. The molecular formula is C27H29N3O2. The number of pyridine rings is 1. The van der Waals surface area contributed by atoms with Crippen molar-refractivity contribution < 1.29 is 9.53 Å². The predicted octanol–water partition coefficient (Wildman–Crippen LogP) is 3.86. The van der Waals surface area contributed by atoms with Gasteiger partial charge in [0, 0.05) is 45.0 Å². The topological polar surface area (TPSA) is 54.5 Å². The van der Waals surface area contributed by atoms with Gasteiger partial charge in [0.25, 0.3) is 0 Å². The first kappa shape index (κ1) is 20.7. The van der Waals surface area contributed by atoms with Crippen molar-refractivity contribution in [3.8, 4) is 16.9 Å². The van der Waals surface area contributed by atoms with Crippen LogP contribution in [-0.2, 0) is 24.2 Å². The summed E-state index contributed by atoms with van der Waals surface area (Å²) >= 11 is 0. The van der Waals surface area contributed by atoms with Gasteiger partial charge in [0.1, 0.15) is 11.9 Å². The Bertz CT molecular complexity index is 1080. The summed E-state index contributed by atoms with van der Waals surface area (Å²) in [6.07, 6.45) is 5.59. The summed E-state index contributed by atoms with van der Waals surface area (Å²) in [5, 5.41) is 3.11. The highest BCUT2D eigenvalue weighted by atomic mass is 16.5. The molecule has 2 aliphatic heterocycles. The van der Waals surface area contributed by atoms with Crippen LogP contribution < -0.4 is 10.1 Å². The van der Waals surface area contributed by atoms with Gasteiger partial charge in [-0.3, -0.25) is 14.7 Å². The van der Waals surface area contributed by atoms with Crippen molar-refractivity contribution in [3.05, 3.63) is 83.7 Å². The fourth-order valence-corrected chi connectivity index (χ4v) is 4.76. The van der Waals surface area contributed by atoms with Gasteiger partial charge in [-0.1, -0.05) is 36.4 Å². The number of rotatable bonds is 5. The molecule has 0 spiro atoms. The Morgan fingerprint density at radius 3 is 2.59 bits per heavy atom. The minimum atomic E-state index is -0.0536. The number of nitrogens with zero attached hydrogens (tertiary/aromatic N) is 2. The van der Waals surface area contributed by atoms with E-state index in [0.717, 1.165) is 49.4 Å². The molecule has 0 unspecified atom stereocenters. The van der Waals surface area contributed by atoms with Crippen molar-refractivity contribution >= 4 is 5.91 Å². The largest absolute Gasteiger partial charge is 0.490 e. The van der Waals surface area contributed by atoms with E-state index in [4.69, 9.17) is 4.74 Å². The van der Waals surface area contributed by atoms with Crippen molar-refractivity contribution in [2.45, 2.75) is 32.4 Å². The van der Waals surface area contributed by atoms with E-state index in [9.17, 15) is 4.79 Å². The minimum Gasteiger partial charge on any atom is -0.490 e. The summed E-state index contributed by atoms with van der Waals surface area (Å²) in [7, 11) is 0. The average molecular weight is 428 g/mol. The maximum absolute atomic E-state index is 12.7. The Morgan fingerprint density at radius 1 is 1.03 bits per heavy atom. The van der Waals surface area contributed by atoms with Crippen molar-refractivity contribution in [2.75, 3.05) is 19.6 Å². The molecule has 5 heteroatoms. The van der Waals surface area contributed by atoms with Gasteiger partial charge < -0.3 is 10.1 Å². The van der Waals surface area contributed by atoms with E-state index in [-0.39, 0.29) is 17.9 Å². The molecule has 164 valence electrons. The lowest BCUT2D eigenvalue weighted by Gasteiger charge is -2.23. The van der Waals surface area contributed by atoms with Crippen LogP contribution in [0.1, 0.15) is 23.6 Å².